The summed E-state index contributed by atoms with van der Waals surface area (Å²) >= 11 is 18.8. The van der Waals surface area contributed by atoms with Crippen LogP contribution in [0.5, 0.6) is 11.5 Å². The van der Waals surface area contributed by atoms with Crippen LogP contribution >= 0.6 is 47.2 Å². The molecular formula is C20H17Cl2NO3S2. The zero-order chi connectivity index (χ0) is 20.3. The molecule has 8 heteroatoms. The maximum absolute atomic E-state index is 12.4. The molecule has 1 fully saturated rings. The van der Waals surface area contributed by atoms with Gasteiger partial charge >= 0.3 is 0 Å². The van der Waals surface area contributed by atoms with Crippen LogP contribution in [-0.2, 0) is 11.4 Å². The van der Waals surface area contributed by atoms with Crippen molar-refractivity contribution in [3.8, 4) is 11.5 Å². The van der Waals surface area contributed by atoms with Crippen LogP contribution < -0.4 is 9.47 Å². The fraction of sp³-hybridized carbons (Fsp3) is 0.200. The van der Waals surface area contributed by atoms with Crippen molar-refractivity contribution in [1.29, 1.82) is 0 Å². The second kappa shape index (κ2) is 9.18. The number of amides is 1. The predicted molar refractivity (Wildman–Crippen MR) is 119 cm³/mol. The van der Waals surface area contributed by atoms with Gasteiger partial charge in [-0.05, 0) is 42.8 Å². The standard InChI is InChI=1S/C20H17Cl2NO3S2/c1-3-23-19(24)17(28-20(23)27)10-12-7-8-15(25-2)13(9-12)11-26-16-6-4-5-14(21)18(16)22/h4-10H,3,11H2,1-2H3/b17-10+. The molecule has 2 aromatic carbocycles. The van der Waals surface area contributed by atoms with Gasteiger partial charge in [-0.1, -0.05) is 59.3 Å². The fourth-order valence-electron chi connectivity index (χ4n) is 2.68. The Morgan fingerprint density at radius 2 is 2.00 bits per heavy atom. The highest BCUT2D eigenvalue weighted by atomic mass is 35.5. The van der Waals surface area contributed by atoms with E-state index in [0.717, 1.165) is 11.1 Å². The number of ether oxygens (including phenoxy) is 2. The zero-order valence-corrected chi connectivity index (χ0v) is 18.3. The minimum Gasteiger partial charge on any atom is -0.496 e. The van der Waals surface area contributed by atoms with Crippen molar-refractivity contribution in [3.63, 3.8) is 0 Å². The number of rotatable bonds is 6. The largest absolute Gasteiger partial charge is 0.496 e. The second-order valence-electron chi connectivity index (χ2n) is 5.84. The van der Waals surface area contributed by atoms with Gasteiger partial charge in [0.05, 0.1) is 17.0 Å². The number of likely N-dealkylation sites (N-methyl/N-ethyl adjacent to an activating group) is 1. The topological polar surface area (TPSA) is 38.8 Å². The zero-order valence-electron chi connectivity index (χ0n) is 15.2. The van der Waals surface area contributed by atoms with Gasteiger partial charge in [-0.15, -0.1) is 0 Å². The minimum absolute atomic E-state index is 0.0724. The van der Waals surface area contributed by atoms with Gasteiger partial charge in [0, 0.05) is 12.1 Å². The lowest BCUT2D eigenvalue weighted by Gasteiger charge is -2.13. The molecule has 1 amide bonds. The van der Waals surface area contributed by atoms with E-state index in [1.165, 1.54) is 11.8 Å². The van der Waals surface area contributed by atoms with Gasteiger partial charge in [0.2, 0.25) is 0 Å². The third-order valence-electron chi connectivity index (χ3n) is 4.09. The summed E-state index contributed by atoms with van der Waals surface area (Å²) in [4.78, 5) is 14.6. The molecule has 2 aromatic rings. The number of thiocarbonyl (C=S) groups is 1. The summed E-state index contributed by atoms with van der Waals surface area (Å²) in [5, 5.41) is 0.792. The van der Waals surface area contributed by atoms with Gasteiger partial charge in [0.1, 0.15) is 27.4 Å². The molecule has 0 bridgehead atoms. The monoisotopic (exact) mass is 453 g/mol. The highest BCUT2D eigenvalue weighted by Gasteiger charge is 2.30. The molecular weight excluding hydrogens is 437 g/mol. The molecule has 0 saturated carbocycles. The summed E-state index contributed by atoms with van der Waals surface area (Å²) < 4.78 is 11.8. The molecule has 0 N–H and O–H groups in total. The summed E-state index contributed by atoms with van der Waals surface area (Å²) in [6, 6.07) is 10.9. The molecule has 1 aliphatic heterocycles. The third-order valence-corrected chi connectivity index (χ3v) is 6.27. The third kappa shape index (κ3) is 4.46. The Kier molecular flexibility index (Phi) is 6.88. The highest BCUT2D eigenvalue weighted by molar-refractivity contribution is 8.26. The first-order valence-corrected chi connectivity index (χ1v) is 10.4. The second-order valence-corrected chi connectivity index (χ2v) is 8.30. The predicted octanol–water partition coefficient (Wildman–Crippen LogP) is 5.80. The lowest BCUT2D eigenvalue weighted by Crippen LogP contribution is -2.27. The molecule has 0 spiro atoms. The molecule has 0 radical (unpaired) electrons. The van der Waals surface area contributed by atoms with E-state index in [1.807, 2.05) is 31.2 Å². The molecule has 1 heterocycles. The van der Waals surface area contributed by atoms with E-state index in [9.17, 15) is 4.79 Å². The fourth-order valence-corrected chi connectivity index (χ4v) is 4.41. The molecule has 28 heavy (non-hydrogen) atoms. The van der Waals surface area contributed by atoms with Gasteiger partial charge in [-0.2, -0.15) is 0 Å². The molecule has 0 unspecified atom stereocenters. The summed E-state index contributed by atoms with van der Waals surface area (Å²) in [6.45, 7) is 2.70. The van der Waals surface area contributed by atoms with E-state index < -0.39 is 0 Å². The summed E-state index contributed by atoms with van der Waals surface area (Å²) in [6.07, 6.45) is 1.82. The number of hydrogen-bond acceptors (Lipinski definition) is 5. The van der Waals surface area contributed by atoms with Gasteiger partial charge < -0.3 is 9.47 Å². The molecule has 4 nitrogen and oxygen atoms in total. The van der Waals surface area contributed by atoms with Crippen molar-refractivity contribution in [2.24, 2.45) is 0 Å². The minimum atomic E-state index is -0.0724. The summed E-state index contributed by atoms with van der Waals surface area (Å²) in [5.74, 6) is 1.10. The van der Waals surface area contributed by atoms with Crippen molar-refractivity contribution >= 4 is 63.5 Å². The Morgan fingerprint density at radius 1 is 1.21 bits per heavy atom. The quantitative estimate of drug-likeness (QED) is 0.407. The van der Waals surface area contributed by atoms with Crippen LogP contribution in [0, 0.1) is 0 Å². The lowest BCUT2D eigenvalue weighted by atomic mass is 10.1. The maximum Gasteiger partial charge on any atom is 0.266 e. The van der Waals surface area contributed by atoms with Crippen LogP contribution in [0.4, 0.5) is 0 Å². The van der Waals surface area contributed by atoms with Gasteiger partial charge in [-0.3, -0.25) is 9.69 Å². The molecule has 3 rings (SSSR count). The van der Waals surface area contributed by atoms with Crippen molar-refractivity contribution < 1.29 is 14.3 Å². The Balaban J connectivity index is 1.84. The molecule has 1 aliphatic rings. The van der Waals surface area contributed by atoms with E-state index in [2.05, 4.69) is 0 Å². The number of carbonyl (C=O) groups excluding carboxylic acids is 1. The normalized spacial score (nSPS) is 15.4. The summed E-state index contributed by atoms with van der Waals surface area (Å²) in [7, 11) is 1.59. The van der Waals surface area contributed by atoms with E-state index >= 15 is 0 Å². The Labute approximate surface area is 183 Å². The van der Waals surface area contributed by atoms with E-state index in [1.54, 1.807) is 30.2 Å². The molecule has 0 aromatic heterocycles. The van der Waals surface area contributed by atoms with Crippen molar-refractivity contribution in [2.45, 2.75) is 13.5 Å². The lowest BCUT2D eigenvalue weighted by molar-refractivity contribution is -0.121. The van der Waals surface area contributed by atoms with Gasteiger partial charge in [0.15, 0.2) is 0 Å². The SMILES string of the molecule is CCN1C(=O)/C(=C\c2ccc(OC)c(COc3cccc(Cl)c3Cl)c2)SC1=S. The number of nitrogens with zero attached hydrogens (tertiary/aromatic N) is 1. The van der Waals surface area contributed by atoms with Crippen LogP contribution in [-0.4, -0.2) is 28.8 Å². The van der Waals surface area contributed by atoms with Gasteiger partial charge in [0.25, 0.3) is 5.91 Å². The first-order valence-electron chi connectivity index (χ1n) is 8.43. The van der Waals surface area contributed by atoms with Crippen molar-refractivity contribution in [3.05, 3.63) is 62.5 Å². The Morgan fingerprint density at radius 3 is 2.68 bits per heavy atom. The van der Waals surface area contributed by atoms with Crippen LogP contribution in [0.2, 0.25) is 10.0 Å². The molecule has 0 atom stereocenters. The maximum atomic E-state index is 12.4. The van der Waals surface area contributed by atoms with Gasteiger partial charge in [-0.25, -0.2) is 0 Å². The van der Waals surface area contributed by atoms with Crippen LogP contribution in [0.25, 0.3) is 6.08 Å². The van der Waals surface area contributed by atoms with E-state index in [0.29, 0.717) is 37.3 Å². The number of methoxy groups -OCH3 is 1. The van der Waals surface area contributed by atoms with Crippen molar-refractivity contribution in [2.75, 3.05) is 13.7 Å². The first-order chi connectivity index (χ1) is 13.4. The van der Waals surface area contributed by atoms with Crippen LogP contribution in [0.1, 0.15) is 18.1 Å². The molecule has 1 saturated heterocycles. The number of hydrogen-bond donors (Lipinski definition) is 0. The summed E-state index contributed by atoms with van der Waals surface area (Å²) in [5.41, 5.74) is 1.67. The highest BCUT2D eigenvalue weighted by Crippen LogP contribution is 2.34. The van der Waals surface area contributed by atoms with E-state index in [4.69, 9.17) is 44.9 Å². The average Bonchev–Trinajstić information content (AvgIpc) is 2.95. The average molecular weight is 454 g/mol. The van der Waals surface area contributed by atoms with Crippen LogP contribution in [0.3, 0.4) is 0 Å². The Bertz CT molecular complexity index is 962. The van der Waals surface area contributed by atoms with Crippen molar-refractivity contribution in [1.82, 2.24) is 4.90 Å². The first kappa shape index (κ1) is 21.0. The molecule has 0 aliphatic carbocycles. The number of carbonyl (C=O) groups is 1. The number of halogens is 2. The van der Waals surface area contributed by atoms with E-state index in [-0.39, 0.29) is 12.5 Å². The number of benzene rings is 2. The number of thioether (sulfide) groups is 1. The Hall–Kier alpha value is -1.73. The van der Waals surface area contributed by atoms with Crippen LogP contribution in [0.15, 0.2) is 41.3 Å². The molecule has 146 valence electrons. The smallest absolute Gasteiger partial charge is 0.266 e.